The number of primary amides is 1. The number of rotatable bonds is 4. The van der Waals surface area contributed by atoms with Crippen LogP contribution in [-0.4, -0.2) is 11.8 Å². The Morgan fingerprint density at radius 1 is 1.05 bits per heavy atom. The molecule has 0 bridgehead atoms. The van der Waals surface area contributed by atoms with Crippen molar-refractivity contribution in [3.05, 3.63) is 71.3 Å². The Labute approximate surface area is 119 Å². The van der Waals surface area contributed by atoms with E-state index in [1.807, 2.05) is 0 Å². The molecule has 0 heterocycles. The van der Waals surface area contributed by atoms with Gasteiger partial charge in [0.1, 0.15) is 17.7 Å². The Morgan fingerprint density at radius 2 is 1.71 bits per heavy atom. The standard InChI is InChI=1S/C15H12F2N2O2/c16-10-6-7-11(12(17)8-10)15(21)19-13(14(18)20)9-4-2-1-3-5-9/h1-8,13H,(H2,18,20)(H,19,21)/t13-/m1/s1. The van der Waals surface area contributed by atoms with Gasteiger partial charge in [-0.25, -0.2) is 8.78 Å². The molecule has 0 fully saturated rings. The lowest BCUT2D eigenvalue weighted by atomic mass is 10.1. The van der Waals surface area contributed by atoms with Crippen molar-refractivity contribution < 1.29 is 18.4 Å². The van der Waals surface area contributed by atoms with E-state index in [0.29, 0.717) is 11.6 Å². The highest BCUT2D eigenvalue weighted by Gasteiger charge is 2.22. The van der Waals surface area contributed by atoms with Crippen LogP contribution in [0.1, 0.15) is 22.0 Å². The van der Waals surface area contributed by atoms with Gasteiger partial charge >= 0.3 is 0 Å². The molecule has 1 atom stereocenters. The van der Waals surface area contributed by atoms with Crippen LogP contribution in [0.3, 0.4) is 0 Å². The van der Waals surface area contributed by atoms with Crippen molar-refractivity contribution in [2.24, 2.45) is 5.73 Å². The summed E-state index contributed by atoms with van der Waals surface area (Å²) in [5, 5.41) is 2.33. The summed E-state index contributed by atoms with van der Waals surface area (Å²) >= 11 is 0. The van der Waals surface area contributed by atoms with Crippen molar-refractivity contribution in [2.45, 2.75) is 6.04 Å². The lowest BCUT2D eigenvalue weighted by molar-refractivity contribution is -0.120. The molecule has 6 heteroatoms. The highest BCUT2D eigenvalue weighted by Crippen LogP contribution is 2.15. The first-order chi connectivity index (χ1) is 9.99. The van der Waals surface area contributed by atoms with Crippen LogP contribution in [0, 0.1) is 11.6 Å². The smallest absolute Gasteiger partial charge is 0.255 e. The molecule has 2 amide bonds. The van der Waals surface area contributed by atoms with Gasteiger partial charge < -0.3 is 11.1 Å². The number of carbonyl (C=O) groups is 2. The van der Waals surface area contributed by atoms with Gasteiger partial charge in [-0.2, -0.15) is 0 Å². The minimum absolute atomic E-state index is 0.362. The van der Waals surface area contributed by atoms with Gasteiger partial charge in [-0.05, 0) is 17.7 Å². The van der Waals surface area contributed by atoms with E-state index in [1.54, 1.807) is 30.3 Å². The minimum atomic E-state index is -1.09. The zero-order valence-corrected chi connectivity index (χ0v) is 10.8. The molecule has 2 aromatic carbocycles. The quantitative estimate of drug-likeness (QED) is 0.903. The van der Waals surface area contributed by atoms with Crippen molar-refractivity contribution >= 4 is 11.8 Å². The summed E-state index contributed by atoms with van der Waals surface area (Å²) in [5.41, 5.74) is 5.36. The van der Waals surface area contributed by atoms with Gasteiger partial charge in [-0.3, -0.25) is 9.59 Å². The maximum atomic E-state index is 13.5. The normalized spacial score (nSPS) is 11.7. The van der Waals surface area contributed by atoms with Gasteiger partial charge in [0, 0.05) is 6.07 Å². The van der Waals surface area contributed by atoms with Crippen molar-refractivity contribution in [3.63, 3.8) is 0 Å². The van der Waals surface area contributed by atoms with Crippen LogP contribution in [0.25, 0.3) is 0 Å². The zero-order chi connectivity index (χ0) is 15.4. The van der Waals surface area contributed by atoms with Crippen LogP contribution in [0.4, 0.5) is 8.78 Å². The lowest BCUT2D eigenvalue weighted by Crippen LogP contribution is -2.37. The number of halogens is 2. The van der Waals surface area contributed by atoms with Gasteiger partial charge in [-0.1, -0.05) is 30.3 Å². The molecule has 0 aliphatic heterocycles. The van der Waals surface area contributed by atoms with E-state index in [0.717, 1.165) is 12.1 Å². The lowest BCUT2D eigenvalue weighted by Gasteiger charge is -2.16. The van der Waals surface area contributed by atoms with Gasteiger partial charge in [0.2, 0.25) is 5.91 Å². The Bertz CT molecular complexity index is 675. The van der Waals surface area contributed by atoms with Crippen LogP contribution in [0.15, 0.2) is 48.5 Å². The largest absolute Gasteiger partial charge is 0.368 e. The Morgan fingerprint density at radius 3 is 2.29 bits per heavy atom. The molecule has 0 unspecified atom stereocenters. The third-order valence-corrected chi connectivity index (χ3v) is 2.87. The van der Waals surface area contributed by atoms with Crippen molar-refractivity contribution in [2.75, 3.05) is 0 Å². The molecule has 4 nitrogen and oxygen atoms in total. The SMILES string of the molecule is NC(=O)[C@H](NC(=O)c1ccc(F)cc1F)c1ccccc1. The van der Waals surface area contributed by atoms with E-state index in [9.17, 15) is 18.4 Å². The molecule has 0 spiro atoms. The molecule has 0 aliphatic rings. The van der Waals surface area contributed by atoms with Crippen LogP contribution in [0.5, 0.6) is 0 Å². The maximum absolute atomic E-state index is 13.5. The van der Waals surface area contributed by atoms with Crippen LogP contribution in [0.2, 0.25) is 0 Å². The Kier molecular flexibility index (Phi) is 4.27. The van der Waals surface area contributed by atoms with Crippen LogP contribution in [-0.2, 0) is 4.79 Å². The summed E-state index contributed by atoms with van der Waals surface area (Å²) in [6.07, 6.45) is 0. The molecule has 0 aromatic heterocycles. The van der Waals surface area contributed by atoms with Crippen molar-refractivity contribution in [1.29, 1.82) is 0 Å². The Balaban J connectivity index is 2.25. The second-order valence-electron chi connectivity index (χ2n) is 4.34. The fourth-order valence-electron chi connectivity index (χ4n) is 1.85. The first kappa shape index (κ1) is 14.6. The Hall–Kier alpha value is -2.76. The highest BCUT2D eigenvalue weighted by atomic mass is 19.1. The number of hydrogen-bond acceptors (Lipinski definition) is 2. The van der Waals surface area contributed by atoms with E-state index in [1.165, 1.54) is 0 Å². The summed E-state index contributed by atoms with van der Waals surface area (Å²) in [6, 6.07) is 9.77. The van der Waals surface area contributed by atoms with Gasteiger partial charge in [0.25, 0.3) is 5.91 Å². The van der Waals surface area contributed by atoms with E-state index < -0.39 is 29.5 Å². The fraction of sp³-hybridized carbons (Fsp3) is 0.0667. The van der Waals surface area contributed by atoms with Crippen molar-refractivity contribution in [1.82, 2.24) is 5.32 Å². The first-order valence-corrected chi connectivity index (χ1v) is 6.09. The maximum Gasteiger partial charge on any atom is 0.255 e. The summed E-state index contributed by atoms with van der Waals surface area (Å²) in [6.45, 7) is 0. The topological polar surface area (TPSA) is 72.2 Å². The second kappa shape index (κ2) is 6.13. The number of benzene rings is 2. The first-order valence-electron chi connectivity index (χ1n) is 6.09. The van der Waals surface area contributed by atoms with Gasteiger partial charge in [0.05, 0.1) is 5.56 Å². The van der Waals surface area contributed by atoms with Crippen LogP contribution >= 0.6 is 0 Å². The molecule has 0 radical (unpaired) electrons. The highest BCUT2D eigenvalue weighted by molar-refractivity contribution is 5.97. The molecule has 0 aliphatic carbocycles. The van der Waals surface area contributed by atoms with E-state index in [-0.39, 0.29) is 5.56 Å². The molecule has 21 heavy (non-hydrogen) atoms. The van der Waals surface area contributed by atoms with Crippen LogP contribution < -0.4 is 11.1 Å². The predicted octanol–water partition coefficient (Wildman–Crippen LogP) is 1.92. The van der Waals surface area contributed by atoms with Crippen molar-refractivity contribution in [3.8, 4) is 0 Å². The average Bonchev–Trinajstić information content (AvgIpc) is 2.45. The number of nitrogens with one attached hydrogen (secondary N) is 1. The van der Waals surface area contributed by atoms with E-state index >= 15 is 0 Å². The molecule has 0 saturated heterocycles. The number of hydrogen-bond donors (Lipinski definition) is 2. The average molecular weight is 290 g/mol. The summed E-state index contributed by atoms with van der Waals surface area (Å²) in [4.78, 5) is 23.4. The molecule has 2 rings (SSSR count). The third kappa shape index (κ3) is 3.42. The predicted molar refractivity (Wildman–Crippen MR) is 72.2 cm³/mol. The van der Waals surface area contributed by atoms with Gasteiger partial charge in [0.15, 0.2) is 0 Å². The van der Waals surface area contributed by atoms with E-state index in [2.05, 4.69) is 5.32 Å². The zero-order valence-electron chi connectivity index (χ0n) is 10.8. The number of amides is 2. The number of carbonyl (C=O) groups excluding carboxylic acids is 2. The van der Waals surface area contributed by atoms with E-state index in [4.69, 9.17) is 5.73 Å². The molecule has 0 saturated carbocycles. The minimum Gasteiger partial charge on any atom is -0.368 e. The molecule has 2 aromatic rings. The molecular weight excluding hydrogens is 278 g/mol. The molecule has 3 N–H and O–H groups in total. The molecular formula is C15H12F2N2O2. The monoisotopic (exact) mass is 290 g/mol. The fourth-order valence-corrected chi connectivity index (χ4v) is 1.85. The summed E-state index contributed by atoms with van der Waals surface area (Å²) in [5.74, 6) is -3.43. The summed E-state index contributed by atoms with van der Waals surface area (Å²) < 4.78 is 26.4. The summed E-state index contributed by atoms with van der Waals surface area (Å²) in [7, 11) is 0. The van der Waals surface area contributed by atoms with Gasteiger partial charge in [-0.15, -0.1) is 0 Å². The molecule has 108 valence electrons. The number of nitrogens with two attached hydrogens (primary N) is 1. The second-order valence-corrected chi connectivity index (χ2v) is 4.34. The third-order valence-electron chi connectivity index (χ3n) is 2.87.